The lowest BCUT2D eigenvalue weighted by molar-refractivity contribution is 0.281. The van der Waals surface area contributed by atoms with E-state index in [0.29, 0.717) is 5.92 Å². The van der Waals surface area contributed by atoms with Crippen molar-refractivity contribution in [2.24, 2.45) is 13.0 Å². The molecule has 0 bridgehead atoms. The molecule has 1 aromatic carbocycles. The van der Waals surface area contributed by atoms with Crippen LogP contribution in [0.3, 0.4) is 0 Å². The molecule has 3 rings (SSSR count). The molecule has 0 radical (unpaired) electrons. The van der Waals surface area contributed by atoms with E-state index < -0.39 is 0 Å². The number of aromatic nitrogens is 2. The molecule has 1 N–H and O–H groups in total. The Morgan fingerprint density at radius 1 is 1.33 bits per heavy atom. The average Bonchev–Trinajstić information content (AvgIpc) is 3.10. The van der Waals surface area contributed by atoms with Crippen molar-refractivity contribution in [2.75, 3.05) is 13.1 Å². The van der Waals surface area contributed by atoms with Gasteiger partial charge in [0.25, 0.3) is 0 Å². The van der Waals surface area contributed by atoms with Gasteiger partial charge in [0.05, 0.1) is 13.2 Å². The first-order valence-corrected chi connectivity index (χ1v) is 7.62. The minimum Gasteiger partial charge on any atom is -0.392 e. The van der Waals surface area contributed by atoms with Gasteiger partial charge in [-0.25, -0.2) is 4.98 Å². The molecule has 2 aromatic rings. The number of hydrogen-bond acceptors (Lipinski definition) is 3. The van der Waals surface area contributed by atoms with Crippen LogP contribution in [0.15, 0.2) is 36.7 Å². The van der Waals surface area contributed by atoms with E-state index in [4.69, 9.17) is 0 Å². The van der Waals surface area contributed by atoms with Gasteiger partial charge in [0.2, 0.25) is 0 Å². The van der Waals surface area contributed by atoms with Gasteiger partial charge in [-0.2, -0.15) is 0 Å². The van der Waals surface area contributed by atoms with Crippen LogP contribution in [-0.4, -0.2) is 32.6 Å². The van der Waals surface area contributed by atoms with E-state index in [9.17, 15) is 5.11 Å². The van der Waals surface area contributed by atoms with E-state index in [1.165, 1.54) is 12.0 Å². The molecule has 0 spiro atoms. The molecule has 4 nitrogen and oxygen atoms in total. The number of hydrogen-bond donors (Lipinski definition) is 1. The summed E-state index contributed by atoms with van der Waals surface area (Å²) >= 11 is 0. The van der Waals surface area contributed by atoms with E-state index in [1.54, 1.807) is 0 Å². The van der Waals surface area contributed by atoms with Crippen molar-refractivity contribution in [1.82, 2.24) is 14.5 Å². The van der Waals surface area contributed by atoms with Crippen LogP contribution in [-0.2, 0) is 26.6 Å². The largest absolute Gasteiger partial charge is 0.392 e. The van der Waals surface area contributed by atoms with Gasteiger partial charge in [0.15, 0.2) is 0 Å². The molecule has 0 saturated carbocycles. The Morgan fingerprint density at radius 2 is 2.19 bits per heavy atom. The fourth-order valence-corrected chi connectivity index (χ4v) is 3.16. The lowest BCUT2D eigenvalue weighted by Gasteiger charge is -2.16. The Bertz CT molecular complexity index is 593. The van der Waals surface area contributed by atoms with Gasteiger partial charge in [-0.1, -0.05) is 24.3 Å². The SMILES string of the molecule is Cn1ccnc1CN1CC[C@H](Cc2cccc(CO)c2)C1. The second-order valence-electron chi connectivity index (χ2n) is 6.03. The van der Waals surface area contributed by atoms with Crippen molar-refractivity contribution in [1.29, 1.82) is 0 Å². The lowest BCUT2D eigenvalue weighted by atomic mass is 9.97. The third kappa shape index (κ3) is 3.52. The van der Waals surface area contributed by atoms with Crippen LogP contribution >= 0.6 is 0 Å². The molecule has 1 aliphatic heterocycles. The maximum Gasteiger partial charge on any atom is 0.122 e. The maximum atomic E-state index is 9.22. The Balaban J connectivity index is 1.56. The number of benzene rings is 1. The number of rotatable bonds is 5. The summed E-state index contributed by atoms with van der Waals surface area (Å²) < 4.78 is 2.10. The molecule has 0 amide bonds. The summed E-state index contributed by atoms with van der Waals surface area (Å²) in [6, 6.07) is 8.31. The minimum atomic E-state index is 0.129. The molecule has 1 atom stereocenters. The monoisotopic (exact) mass is 285 g/mol. The standard InChI is InChI=1S/C17H23N3O/c1-19-8-6-18-17(19)12-20-7-5-15(11-20)9-14-3-2-4-16(10-14)13-21/h2-4,6,8,10,15,21H,5,7,9,11-13H2,1H3/t15-/m1/s1. The first kappa shape index (κ1) is 14.3. The first-order chi connectivity index (χ1) is 10.2. The highest BCUT2D eigenvalue weighted by Gasteiger charge is 2.23. The summed E-state index contributed by atoms with van der Waals surface area (Å²) in [5.74, 6) is 1.84. The normalized spacial score (nSPS) is 19.2. The smallest absolute Gasteiger partial charge is 0.122 e. The van der Waals surface area contributed by atoms with Gasteiger partial charge in [-0.05, 0) is 36.4 Å². The van der Waals surface area contributed by atoms with Gasteiger partial charge in [-0.3, -0.25) is 4.90 Å². The summed E-state index contributed by atoms with van der Waals surface area (Å²) in [5, 5.41) is 9.22. The number of imidazole rings is 1. The van der Waals surface area contributed by atoms with Crippen LogP contribution in [0, 0.1) is 5.92 Å². The molecule has 0 aliphatic carbocycles. The van der Waals surface area contributed by atoms with Crippen LogP contribution < -0.4 is 0 Å². The van der Waals surface area contributed by atoms with Crippen molar-refractivity contribution >= 4 is 0 Å². The Labute approximate surface area is 126 Å². The second kappa shape index (κ2) is 6.41. The van der Waals surface area contributed by atoms with E-state index in [1.807, 2.05) is 24.5 Å². The van der Waals surface area contributed by atoms with Crippen molar-refractivity contribution in [2.45, 2.75) is 26.0 Å². The molecule has 4 heteroatoms. The predicted molar refractivity (Wildman–Crippen MR) is 82.7 cm³/mol. The van der Waals surface area contributed by atoms with Crippen LogP contribution in [0.5, 0.6) is 0 Å². The molecule has 1 aliphatic rings. The van der Waals surface area contributed by atoms with Crippen molar-refractivity contribution < 1.29 is 5.11 Å². The number of likely N-dealkylation sites (tertiary alicyclic amines) is 1. The van der Waals surface area contributed by atoms with Crippen molar-refractivity contribution in [3.63, 3.8) is 0 Å². The highest BCUT2D eigenvalue weighted by atomic mass is 16.3. The average molecular weight is 285 g/mol. The van der Waals surface area contributed by atoms with Crippen LogP contribution in [0.4, 0.5) is 0 Å². The Morgan fingerprint density at radius 3 is 2.95 bits per heavy atom. The molecule has 112 valence electrons. The molecule has 21 heavy (non-hydrogen) atoms. The molecular formula is C17H23N3O. The summed E-state index contributed by atoms with van der Waals surface area (Å²) in [7, 11) is 2.05. The summed E-state index contributed by atoms with van der Waals surface area (Å²) in [6.45, 7) is 3.36. The predicted octanol–water partition coefficient (Wildman–Crippen LogP) is 1.98. The quantitative estimate of drug-likeness (QED) is 0.913. The Kier molecular flexibility index (Phi) is 4.36. The van der Waals surface area contributed by atoms with E-state index in [-0.39, 0.29) is 6.61 Å². The van der Waals surface area contributed by atoms with Gasteiger partial charge < -0.3 is 9.67 Å². The molecular weight excluding hydrogens is 262 g/mol. The Hall–Kier alpha value is -1.65. The topological polar surface area (TPSA) is 41.3 Å². The fraction of sp³-hybridized carbons (Fsp3) is 0.471. The van der Waals surface area contributed by atoms with Crippen LogP contribution in [0.1, 0.15) is 23.4 Å². The van der Waals surface area contributed by atoms with Gasteiger partial charge in [-0.15, -0.1) is 0 Å². The number of aryl methyl sites for hydroxylation is 1. The highest BCUT2D eigenvalue weighted by molar-refractivity contribution is 5.23. The number of aliphatic hydroxyl groups excluding tert-OH is 1. The third-order valence-corrected chi connectivity index (χ3v) is 4.35. The van der Waals surface area contributed by atoms with Gasteiger partial charge in [0.1, 0.15) is 5.82 Å². The first-order valence-electron chi connectivity index (χ1n) is 7.62. The molecule has 1 aromatic heterocycles. The van der Waals surface area contributed by atoms with Crippen molar-refractivity contribution in [3.05, 3.63) is 53.6 Å². The number of aliphatic hydroxyl groups is 1. The van der Waals surface area contributed by atoms with Crippen LogP contribution in [0.2, 0.25) is 0 Å². The van der Waals surface area contributed by atoms with Gasteiger partial charge >= 0.3 is 0 Å². The molecule has 1 saturated heterocycles. The summed E-state index contributed by atoms with van der Waals surface area (Å²) in [5.41, 5.74) is 2.35. The lowest BCUT2D eigenvalue weighted by Crippen LogP contribution is -2.22. The second-order valence-corrected chi connectivity index (χ2v) is 6.03. The third-order valence-electron chi connectivity index (χ3n) is 4.35. The van der Waals surface area contributed by atoms with Crippen molar-refractivity contribution in [3.8, 4) is 0 Å². The van der Waals surface area contributed by atoms with E-state index in [2.05, 4.69) is 33.6 Å². The minimum absolute atomic E-state index is 0.129. The molecule has 1 fully saturated rings. The summed E-state index contributed by atoms with van der Waals surface area (Å²) in [6.07, 6.45) is 6.21. The molecule has 2 heterocycles. The zero-order valence-electron chi connectivity index (χ0n) is 12.6. The van der Waals surface area contributed by atoms with Crippen LogP contribution in [0.25, 0.3) is 0 Å². The fourth-order valence-electron chi connectivity index (χ4n) is 3.16. The maximum absolute atomic E-state index is 9.22. The van der Waals surface area contributed by atoms with E-state index in [0.717, 1.165) is 37.4 Å². The highest BCUT2D eigenvalue weighted by Crippen LogP contribution is 2.22. The van der Waals surface area contributed by atoms with Gasteiger partial charge in [0, 0.05) is 26.0 Å². The zero-order chi connectivity index (χ0) is 14.7. The molecule has 0 unspecified atom stereocenters. The van der Waals surface area contributed by atoms with E-state index >= 15 is 0 Å². The zero-order valence-corrected chi connectivity index (χ0v) is 12.6. The number of nitrogens with zero attached hydrogens (tertiary/aromatic N) is 3. The summed E-state index contributed by atoms with van der Waals surface area (Å²) in [4.78, 5) is 6.89.